The standard InChI is InChI=1S/C13H16F2N2O4/c1-16(7-3-4-12(18)21-2)11-6-5-9(17(19)20)8-10(11)13(14)15/h5-6,8,13H,3-4,7H2,1-2H3. The van der Waals surface area contributed by atoms with Crippen molar-refractivity contribution in [3.05, 3.63) is 33.9 Å². The van der Waals surface area contributed by atoms with Crippen molar-refractivity contribution in [3.63, 3.8) is 0 Å². The summed E-state index contributed by atoms with van der Waals surface area (Å²) in [6.45, 7) is 0.354. The Bertz CT molecular complexity index is 523. The fraction of sp³-hybridized carbons (Fsp3) is 0.462. The molecular formula is C13H16F2N2O4. The third-order valence-corrected chi connectivity index (χ3v) is 2.97. The number of alkyl halides is 2. The Hall–Kier alpha value is -2.25. The zero-order chi connectivity index (χ0) is 16.0. The van der Waals surface area contributed by atoms with Gasteiger partial charge in [0.1, 0.15) is 0 Å². The predicted molar refractivity (Wildman–Crippen MR) is 72.6 cm³/mol. The Kier molecular flexibility index (Phi) is 6.01. The highest BCUT2D eigenvalue weighted by molar-refractivity contribution is 5.69. The van der Waals surface area contributed by atoms with E-state index >= 15 is 0 Å². The van der Waals surface area contributed by atoms with Crippen LogP contribution in [0, 0.1) is 10.1 Å². The van der Waals surface area contributed by atoms with E-state index in [0.29, 0.717) is 13.0 Å². The number of nitro groups is 1. The number of anilines is 1. The van der Waals surface area contributed by atoms with Crippen LogP contribution in [0.4, 0.5) is 20.2 Å². The van der Waals surface area contributed by atoms with Crippen molar-refractivity contribution in [3.8, 4) is 0 Å². The van der Waals surface area contributed by atoms with Crippen LogP contribution in [0.15, 0.2) is 18.2 Å². The highest BCUT2D eigenvalue weighted by Crippen LogP contribution is 2.32. The van der Waals surface area contributed by atoms with Crippen molar-refractivity contribution in [2.24, 2.45) is 0 Å². The Morgan fingerprint density at radius 2 is 2.14 bits per heavy atom. The van der Waals surface area contributed by atoms with Crippen molar-refractivity contribution in [2.45, 2.75) is 19.3 Å². The molecule has 1 aromatic rings. The lowest BCUT2D eigenvalue weighted by atomic mass is 10.1. The molecular weight excluding hydrogens is 286 g/mol. The number of nitrogens with zero attached hydrogens (tertiary/aromatic N) is 2. The van der Waals surface area contributed by atoms with Gasteiger partial charge in [-0.3, -0.25) is 14.9 Å². The van der Waals surface area contributed by atoms with Gasteiger partial charge in [-0.25, -0.2) is 8.78 Å². The van der Waals surface area contributed by atoms with Gasteiger partial charge in [0, 0.05) is 43.4 Å². The summed E-state index contributed by atoms with van der Waals surface area (Å²) in [5.74, 6) is -0.374. The van der Waals surface area contributed by atoms with Gasteiger partial charge in [-0.1, -0.05) is 0 Å². The molecule has 0 saturated heterocycles. The lowest BCUT2D eigenvalue weighted by Gasteiger charge is -2.22. The summed E-state index contributed by atoms with van der Waals surface area (Å²) in [7, 11) is 2.86. The number of rotatable bonds is 7. The van der Waals surface area contributed by atoms with Crippen molar-refractivity contribution < 1.29 is 23.2 Å². The molecule has 0 aliphatic heterocycles. The van der Waals surface area contributed by atoms with E-state index in [1.807, 2.05) is 0 Å². The Morgan fingerprint density at radius 3 is 2.67 bits per heavy atom. The number of halogens is 2. The minimum atomic E-state index is -2.82. The smallest absolute Gasteiger partial charge is 0.305 e. The fourth-order valence-corrected chi connectivity index (χ4v) is 1.86. The van der Waals surface area contributed by atoms with Gasteiger partial charge in [-0.05, 0) is 12.5 Å². The summed E-state index contributed by atoms with van der Waals surface area (Å²) < 4.78 is 30.5. The molecule has 0 heterocycles. The SMILES string of the molecule is COC(=O)CCCN(C)c1ccc([N+](=O)[O-])cc1C(F)F. The third kappa shape index (κ3) is 4.66. The van der Waals surface area contributed by atoms with Gasteiger partial charge in [0.15, 0.2) is 0 Å². The molecule has 21 heavy (non-hydrogen) atoms. The first kappa shape index (κ1) is 16.8. The summed E-state index contributed by atoms with van der Waals surface area (Å²) in [5, 5.41) is 10.6. The van der Waals surface area contributed by atoms with E-state index in [1.54, 1.807) is 7.05 Å². The second kappa shape index (κ2) is 7.51. The molecule has 0 aliphatic rings. The van der Waals surface area contributed by atoms with E-state index in [1.165, 1.54) is 24.1 Å². The summed E-state index contributed by atoms with van der Waals surface area (Å²) in [6.07, 6.45) is -2.20. The minimum absolute atomic E-state index is 0.178. The molecule has 0 bridgehead atoms. The number of non-ortho nitro benzene ring substituents is 1. The van der Waals surface area contributed by atoms with Crippen molar-refractivity contribution in [2.75, 3.05) is 25.6 Å². The van der Waals surface area contributed by atoms with Gasteiger partial charge in [-0.15, -0.1) is 0 Å². The highest BCUT2D eigenvalue weighted by atomic mass is 19.3. The molecule has 0 atom stereocenters. The zero-order valence-electron chi connectivity index (χ0n) is 11.7. The van der Waals surface area contributed by atoms with E-state index in [-0.39, 0.29) is 23.8 Å². The number of hydrogen-bond acceptors (Lipinski definition) is 5. The van der Waals surface area contributed by atoms with Gasteiger partial charge in [0.05, 0.1) is 12.0 Å². The van der Waals surface area contributed by atoms with Crippen LogP contribution in [0.3, 0.4) is 0 Å². The molecule has 8 heteroatoms. The Morgan fingerprint density at radius 1 is 1.48 bits per heavy atom. The normalized spacial score (nSPS) is 10.5. The lowest BCUT2D eigenvalue weighted by molar-refractivity contribution is -0.385. The molecule has 0 aliphatic carbocycles. The van der Waals surface area contributed by atoms with E-state index in [4.69, 9.17) is 0 Å². The monoisotopic (exact) mass is 302 g/mol. The molecule has 116 valence electrons. The topological polar surface area (TPSA) is 72.7 Å². The Balaban J connectivity index is 2.85. The maximum absolute atomic E-state index is 13.0. The average molecular weight is 302 g/mol. The largest absolute Gasteiger partial charge is 0.469 e. The van der Waals surface area contributed by atoms with Crippen molar-refractivity contribution in [1.82, 2.24) is 0 Å². The summed E-state index contributed by atoms with van der Waals surface area (Å²) in [4.78, 5) is 22.4. The summed E-state index contributed by atoms with van der Waals surface area (Å²) in [5.41, 5.74) is -0.567. The number of carbonyl (C=O) groups excluding carboxylic acids is 1. The molecule has 6 nitrogen and oxygen atoms in total. The highest BCUT2D eigenvalue weighted by Gasteiger charge is 2.20. The molecule has 0 fully saturated rings. The third-order valence-electron chi connectivity index (χ3n) is 2.97. The lowest BCUT2D eigenvalue weighted by Crippen LogP contribution is -2.21. The number of esters is 1. The predicted octanol–water partition coefficient (Wildman–Crippen LogP) is 2.92. The van der Waals surface area contributed by atoms with Crippen LogP contribution in [0.5, 0.6) is 0 Å². The van der Waals surface area contributed by atoms with Crippen molar-refractivity contribution in [1.29, 1.82) is 0 Å². The van der Waals surface area contributed by atoms with Crippen LogP contribution in [0.25, 0.3) is 0 Å². The van der Waals surface area contributed by atoms with Gasteiger partial charge in [-0.2, -0.15) is 0 Å². The van der Waals surface area contributed by atoms with Crippen LogP contribution >= 0.6 is 0 Å². The molecule has 0 unspecified atom stereocenters. The van der Waals surface area contributed by atoms with Crippen LogP contribution in [-0.4, -0.2) is 31.6 Å². The number of ether oxygens (including phenoxy) is 1. The second-order valence-corrected chi connectivity index (χ2v) is 4.40. The average Bonchev–Trinajstić information content (AvgIpc) is 2.45. The maximum Gasteiger partial charge on any atom is 0.305 e. The second-order valence-electron chi connectivity index (χ2n) is 4.40. The quantitative estimate of drug-likeness (QED) is 0.440. The van der Waals surface area contributed by atoms with Gasteiger partial charge >= 0.3 is 5.97 Å². The first-order valence-corrected chi connectivity index (χ1v) is 6.21. The molecule has 0 aromatic heterocycles. The van der Waals surface area contributed by atoms with Crippen LogP contribution in [0.1, 0.15) is 24.8 Å². The van der Waals surface area contributed by atoms with Crippen LogP contribution < -0.4 is 4.90 Å². The maximum atomic E-state index is 13.0. The first-order valence-electron chi connectivity index (χ1n) is 6.21. The molecule has 1 rings (SSSR count). The summed E-state index contributed by atoms with van der Waals surface area (Å²) in [6, 6.07) is 3.34. The molecule has 0 N–H and O–H groups in total. The molecule has 0 radical (unpaired) electrons. The van der Waals surface area contributed by atoms with E-state index < -0.39 is 16.9 Å². The minimum Gasteiger partial charge on any atom is -0.469 e. The van der Waals surface area contributed by atoms with E-state index in [2.05, 4.69) is 4.74 Å². The number of benzene rings is 1. The van der Waals surface area contributed by atoms with Gasteiger partial charge < -0.3 is 9.64 Å². The molecule has 0 amide bonds. The van der Waals surface area contributed by atoms with Crippen molar-refractivity contribution >= 4 is 17.3 Å². The molecule has 1 aromatic carbocycles. The number of hydrogen-bond donors (Lipinski definition) is 0. The first-order chi connectivity index (χ1) is 9.86. The van der Waals surface area contributed by atoms with Crippen LogP contribution in [-0.2, 0) is 9.53 Å². The summed E-state index contributed by atoms with van der Waals surface area (Å²) >= 11 is 0. The van der Waals surface area contributed by atoms with E-state index in [0.717, 1.165) is 6.07 Å². The fourth-order valence-electron chi connectivity index (χ4n) is 1.86. The Labute approximate surface area is 120 Å². The molecule has 0 spiro atoms. The zero-order valence-corrected chi connectivity index (χ0v) is 11.7. The number of methoxy groups -OCH3 is 1. The van der Waals surface area contributed by atoms with Gasteiger partial charge in [0.2, 0.25) is 0 Å². The van der Waals surface area contributed by atoms with Crippen LogP contribution in [0.2, 0.25) is 0 Å². The number of nitro benzene ring substituents is 1. The van der Waals surface area contributed by atoms with E-state index in [9.17, 15) is 23.7 Å². The van der Waals surface area contributed by atoms with Gasteiger partial charge in [0.25, 0.3) is 12.1 Å². The number of carbonyl (C=O) groups is 1. The molecule has 0 saturated carbocycles.